The second kappa shape index (κ2) is 7.91. The van der Waals surface area contributed by atoms with Crippen molar-refractivity contribution in [2.45, 2.75) is 36.1 Å². The molecule has 26 heavy (non-hydrogen) atoms. The van der Waals surface area contributed by atoms with Gasteiger partial charge in [-0.05, 0) is 30.5 Å². The number of hydrogen-bond donors (Lipinski definition) is 1. The lowest BCUT2D eigenvalue weighted by atomic mass is 10.1. The van der Waals surface area contributed by atoms with Crippen LogP contribution in [0.3, 0.4) is 0 Å². The number of aliphatic imine (C=N–C) groups is 1. The van der Waals surface area contributed by atoms with Crippen LogP contribution >= 0.6 is 0 Å². The molecule has 9 heteroatoms. The quantitative estimate of drug-likeness (QED) is 0.445. The fourth-order valence-corrected chi connectivity index (χ4v) is 4.10. The summed E-state index contributed by atoms with van der Waals surface area (Å²) in [5, 5.41) is 10.0. The molecule has 140 valence electrons. The van der Waals surface area contributed by atoms with Gasteiger partial charge in [0, 0.05) is 6.54 Å². The van der Waals surface area contributed by atoms with Crippen molar-refractivity contribution in [1.29, 1.82) is 5.26 Å². The first kappa shape index (κ1) is 20.0. The molecule has 0 aromatic heterocycles. The largest absolute Gasteiger partial charge is 0.416 e. The van der Waals surface area contributed by atoms with E-state index in [-0.39, 0.29) is 24.5 Å². The highest BCUT2D eigenvalue weighted by atomic mass is 32.2. The Labute approximate surface area is 150 Å². The van der Waals surface area contributed by atoms with Crippen molar-refractivity contribution in [2.75, 3.05) is 6.54 Å². The highest BCUT2D eigenvalue weighted by molar-refractivity contribution is 7.93. The minimum Gasteiger partial charge on any atom is -0.368 e. The van der Waals surface area contributed by atoms with Crippen molar-refractivity contribution in [2.24, 2.45) is 4.99 Å². The maximum atomic E-state index is 12.8. The first-order valence-corrected chi connectivity index (χ1v) is 9.48. The zero-order chi connectivity index (χ0) is 19.4. The average Bonchev–Trinajstić information content (AvgIpc) is 3.42. The van der Waals surface area contributed by atoms with Gasteiger partial charge >= 0.3 is 6.18 Å². The summed E-state index contributed by atoms with van der Waals surface area (Å²) in [5.74, 6) is -0.0725. The van der Waals surface area contributed by atoms with Gasteiger partial charge in [-0.25, -0.2) is 8.42 Å². The number of nitrogens with one attached hydrogen (secondary N) is 1. The van der Waals surface area contributed by atoms with Crippen LogP contribution in [0.2, 0.25) is 0 Å². The van der Waals surface area contributed by atoms with Crippen LogP contribution in [0.5, 0.6) is 0 Å². The molecule has 0 heterocycles. The van der Waals surface area contributed by atoms with E-state index in [4.69, 9.17) is 0 Å². The predicted molar refractivity (Wildman–Crippen MR) is 92.1 cm³/mol. The van der Waals surface area contributed by atoms with Gasteiger partial charge in [0.25, 0.3) is 0 Å². The summed E-state index contributed by atoms with van der Waals surface area (Å²) in [6.07, 6.45) is -2.00. The predicted octanol–water partition coefficient (Wildman–Crippen LogP) is 2.85. The van der Waals surface area contributed by atoms with Gasteiger partial charge in [0.05, 0.1) is 23.4 Å². The fourth-order valence-electron chi connectivity index (χ4n) is 2.31. The van der Waals surface area contributed by atoms with Gasteiger partial charge in [-0.3, -0.25) is 4.99 Å². The van der Waals surface area contributed by atoms with Crippen molar-refractivity contribution in [1.82, 2.24) is 5.32 Å². The molecule has 0 radical (unpaired) electrons. The minimum atomic E-state index is -4.48. The van der Waals surface area contributed by atoms with Crippen LogP contribution in [0.4, 0.5) is 13.2 Å². The molecule has 1 aliphatic rings. The molecule has 0 bridgehead atoms. The van der Waals surface area contributed by atoms with Crippen molar-refractivity contribution in [3.05, 3.63) is 48.0 Å². The SMILES string of the molecule is C=CCNC(=NCc1cccc(C(F)(F)F)c1)C(C#N)S(=O)(=O)C1CC1. The van der Waals surface area contributed by atoms with Crippen LogP contribution in [0.1, 0.15) is 24.0 Å². The number of benzene rings is 1. The smallest absolute Gasteiger partial charge is 0.368 e. The molecule has 1 aromatic carbocycles. The van der Waals surface area contributed by atoms with Crippen LogP contribution in [0, 0.1) is 11.3 Å². The maximum absolute atomic E-state index is 12.8. The van der Waals surface area contributed by atoms with E-state index >= 15 is 0 Å². The molecule has 1 unspecified atom stereocenters. The average molecular weight is 385 g/mol. The standard InChI is InChI=1S/C17H18F3N3O2S/c1-2-8-22-16(15(10-21)26(24,25)14-6-7-14)23-11-12-4-3-5-13(9-12)17(18,19)20/h2-5,9,14-15H,1,6-8,11H2,(H,22,23). The van der Waals surface area contributed by atoms with Crippen molar-refractivity contribution >= 4 is 15.7 Å². The number of nitrogens with zero attached hydrogens (tertiary/aromatic N) is 2. The van der Waals surface area contributed by atoms with Crippen molar-refractivity contribution in [3.63, 3.8) is 0 Å². The summed E-state index contributed by atoms with van der Waals surface area (Å²) in [6, 6.07) is 6.36. The molecular formula is C17H18F3N3O2S. The highest BCUT2D eigenvalue weighted by Gasteiger charge is 2.43. The Balaban J connectivity index is 2.29. The monoisotopic (exact) mass is 385 g/mol. The van der Waals surface area contributed by atoms with Gasteiger partial charge < -0.3 is 5.32 Å². The lowest BCUT2D eigenvalue weighted by molar-refractivity contribution is -0.137. The molecule has 0 amide bonds. The fraction of sp³-hybridized carbons (Fsp3) is 0.412. The lowest BCUT2D eigenvalue weighted by Gasteiger charge is -2.15. The first-order valence-electron chi connectivity index (χ1n) is 7.87. The number of amidine groups is 1. The normalized spacial score (nSPS) is 16.6. The Morgan fingerprint density at radius 2 is 2.15 bits per heavy atom. The molecule has 1 saturated carbocycles. The van der Waals surface area contributed by atoms with Crippen LogP contribution < -0.4 is 5.32 Å². The molecule has 0 aliphatic heterocycles. The molecule has 0 spiro atoms. The van der Waals surface area contributed by atoms with E-state index < -0.39 is 32.1 Å². The topological polar surface area (TPSA) is 82.3 Å². The molecule has 1 N–H and O–H groups in total. The highest BCUT2D eigenvalue weighted by Crippen LogP contribution is 2.32. The van der Waals surface area contributed by atoms with Crippen LogP contribution in [-0.4, -0.2) is 31.3 Å². The number of hydrogen-bond acceptors (Lipinski definition) is 4. The first-order chi connectivity index (χ1) is 12.2. The third kappa shape index (κ3) is 4.85. The molecule has 1 atom stereocenters. The minimum absolute atomic E-state index is 0.0725. The van der Waals surface area contributed by atoms with Gasteiger partial charge in [0.15, 0.2) is 9.84 Å². The van der Waals surface area contributed by atoms with Crippen molar-refractivity contribution < 1.29 is 21.6 Å². The number of halogens is 3. The summed E-state index contributed by atoms with van der Waals surface area (Å²) in [6.45, 7) is 3.51. The van der Waals surface area contributed by atoms with Gasteiger partial charge in [-0.1, -0.05) is 18.2 Å². The van der Waals surface area contributed by atoms with E-state index in [9.17, 15) is 26.9 Å². The second-order valence-corrected chi connectivity index (χ2v) is 8.18. The summed E-state index contributed by atoms with van der Waals surface area (Å²) >= 11 is 0. The third-order valence-corrected chi connectivity index (χ3v) is 6.18. The molecule has 1 aliphatic carbocycles. The third-order valence-electron chi connectivity index (χ3n) is 3.80. The summed E-state index contributed by atoms with van der Waals surface area (Å²) in [7, 11) is -3.71. The van der Waals surface area contributed by atoms with Crippen molar-refractivity contribution in [3.8, 4) is 6.07 Å². The van der Waals surface area contributed by atoms with Crippen LogP contribution in [0.25, 0.3) is 0 Å². The number of alkyl halides is 3. The number of rotatable bonds is 7. The zero-order valence-electron chi connectivity index (χ0n) is 13.8. The Hall–Kier alpha value is -2.34. The summed E-state index contributed by atoms with van der Waals surface area (Å²) < 4.78 is 63.2. The second-order valence-electron chi connectivity index (χ2n) is 5.87. The molecular weight excluding hydrogens is 367 g/mol. The lowest BCUT2D eigenvalue weighted by Crippen LogP contribution is -2.40. The maximum Gasteiger partial charge on any atom is 0.416 e. The number of nitriles is 1. The van der Waals surface area contributed by atoms with Gasteiger partial charge in [0.2, 0.25) is 5.25 Å². The molecule has 2 rings (SSSR count). The molecule has 1 fully saturated rings. The molecule has 5 nitrogen and oxygen atoms in total. The van der Waals surface area contributed by atoms with E-state index in [1.54, 1.807) is 6.07 Å². The van der Waals surface area contributed by atoms with E-state index in [2.05, 4.69) is 16.9 Å². The zero-order valence-corrected chi connectivity index (χ0v) is 14.6. The Morgan fingerprint density at radius 1 is 1.46 bits per heavy atom. The Bertz CT molecular complexity index is 838. The summed E-state index contributed by atoms with van der Waals surface area (Å²) in [4.78, 5) is 4.09. The van der Waals surface area contributed by atoms with Gasteiger partial charge in [0.1, 0.15) is 5.84 Å². The van der Waals surface area contributed by atoms with E-state index in [1.165, 1.54) is 18.2 Å². The van der Waals surface area contributed by atoms with Gasteiger partial charge in [-0.2, -0.15) is 18.4 Å². The van der Waals surface area contributed by atoms with E-state index in [0.717, 1.165) is 12.1 Å². The summed E-state index contributed by atoms with van der Waals surface area (Å²) in [5.41, 5.74) is -0.550. The van der Waals surface area contributed by atoms with Gasteiger partial charge in [-0.15, -0.1) is 6.58 Å². The Morgan fingerprint density at radius 3 is 2.69 bits per heavy atom. The van der Waals surface area contributed by atoms with Crippen LogP contribution in [0.15, 0.2) is 41.9 Å². The Kier molecular flexibility index (Phi) is 6.08. The van der Waals surface area contributed by atoms with E-state index in [0.29, 0.717) is 12.8 Å². The molecule has 1 aromatic rings. The molecule has 0 saturated heterocycles. The van der Waals surface area contributed by atoms with E-state index in [1.807, 2.05) is 0 Å². The van der Waals surface area contributed by atoms with Crippen LogP contribution in [-0.2, 0) is 22.6 Å². The number of sulfone groups is 1.